The number of pyridine rings is 1. The smallest absolute Gasteiger partial charge is 0.230 e. The van der Waals surface area contributed by atoms with E-state index >= 15 is 0 Å². The number of aliphatic imine (C=N–C) groups is 1. The third-order valence-electron chi connectivity index (χ3n) is 6.28. The lowest BCUT2D eigenvalue weighted by Crippen LogP contribution is -2.52. The van der Waals surface area contributed by atoms with E-state index in [-0.39, 0.29) is 35.3 Å². The number of hydrogen-bond acceptors (Lipinski definition) is 4. The number of rotatable bonds is 6. The standard InChI is InChI=1S/C22H36N6O.HI/c1-23-21(25-17-22(11-5-6-12-22)20(29)27(2)3)26-18-9-14-28(15-10-18)16-19-8-4-7-13-24-19;/h4,7-8,13,18H,5-6,9-12,14-17H2,1-3H3,(H2,23,25,26);1H. The summed E-state index contributed by atoms with van der Waals surface area (Å²) in [6.07, 6.45) is 8.19. The molecule has 1 saturated carbocycles. The summed E-state index contributed by atoms with van der Waals surface area (Å²) in [7, 11) is 5.52. The molecule has 2 fully saturated rings. The Labute approximate surface area is 198 Å². The van der Waals surface area contributed by atoms with Crippen molar-refractivity contribution in [3.63, 3.8) is 0 Å². The van der Waals surface area contributed by atoms with E-state index in [9.17, 15) is 4.79 Å². The highest BCUT2D eigenvalue weighted by molar-refractivity contribution is 14.0. The van der Waals surface area contributed by atoms with Crippen LogP contribution in [-0.4, -0.2) is 73.5 Å². The fourth-order valence-corrected chi connectivity index (χ4v) is 4.59. The minimum atomic E-state index is -0.285. The summed E-state index contributed by atoms with van der Waals surface area (Å²) in [5.41, 5.74) is 0.844. The predicted octanol–water partition coefficient (Wildman–Crippen LogP) is 2.48. The lowest BCUT2D eigenvalue weighted by atomic mass is 9.84. The maximum atomic E-state index is 12.8. The van der Waals surface area contributed by atoms with Crippen molar-refractivity contribution >= 4 is 35.8 Å². The van der Waals surface area contributed by atoms with Gasteiger partial charge in [-0.2, -0.15) is 0 Å². The van der Waals surface area contributed by atoms with E-state index in [1.807, 2.05) is 32.4 Å². The van der Waals surface area contributed by atoms with Crippen molar-refractivity contribution in [2.24, 2.45) is 10.4 Å². The van der Waals surface area contributed by atoms with Gasteiger partial charge in [0, 0.05) is 59.6 Å². The topological polar surface area (TPSA) is 72.9 Å². The third-order valence-corrected chi connectivity index (χ3v) is 6.28. The molecule has 2 aliphatic rings. The molecule has 0 spiro atoms. The Morgan fingerprint density at radius 3 is 2.53 bits per heavy atom. The molecule has 1 amide bonds. The first kappa shape index (κ1) is 24.8. The highest BCUT2D eigenvalue weighted by atomic mass is 127. The molecule has 2 heterocycles. The summed E-state index contributed by atoms with van der Waals surface area (Å²) in [5.74, 6) is 1.05. The molecule has 168 valence electrons. The van der Waals surface area contributed by atoms with Gasteiger partial charge in [0.05, 0.1) is 11.1 Å². The van der Waals surface area contributed by atoms with Gasteiger partial charge in [-0.3, -0.25) is 19.7 Å². The van der Waals surface area contributed by atoms with E-state index in [0.29, 0.717) is 12.6 Å². The number of amides is 1. The van der Waals surface area contributed by atoms with Crippen molar-refractivity contribution in [1.29, 1.82) is 0 Å². The first-order valence-electron chi connectivity index (χ1n) is 10.8. The molecule has 0 aromatic carbocycles. The van der Waals surface area contributed by atoms with Crippen molar-refractivity contribution in [2.75, 3.05) is 40.8 Å². The van der Waals surface area contributed by atoms with Gasteiger partial charge >= 0.3 is 0 Å². The minimum absolute atomic E-state index is 0. The molecule has 1 aromatic heterocycles. The minimum Gasteiger partial charge on any atom is -0.355 e. The third kappa shape index (κ3) is 6.54. The largest absolute Gasteiger partial charge is 0.355 e. The molecule has 0 radical (unpaired) electrons. The Morgan fingerprint density at radius 2 is 1.97 bits per heavy atom. The van der Waals surface area contributed by atoms with Crippen LogP contribution < -0.4 is 10.6 Å². The van der Waals surface area contributed by atoms with E-state index in [1.165, 1.54) is 0 Å². The molecule has 1 aliphatic carbocycles. The fraction of sp³-hybridized carbons (Fsp3) is 0.682. The SMILES string of the molecule is CN=C(NCC1(C(=O)N(C)C)CCCC1)NC1CCN(Cc2ccccn2)CC1.I. The predicted molar refractivity (Wildman–Crippen MR) is 132 cm³/mol. The summed E-state index contributed by atoms with van der Waals surface area (Å²) in [6.45, 7) is 3.67. The Kier molecular flexibility index (Phi) is 9.80. The highest BCUT2D eigenvalue weighted by Gasteiger charge is 2.42. The molecule has 8 heteroatoms. The zero-order valence-corrected chi connectivity index (χ0v) is 20.9. The molecule has 1 saturated heterocycles. The van der Waals surface area contributed by atoms with Crippen molar-refractivity contribution < 1.29 is 4.79 Å². The quantitative estimate of drug-likeness (QED) is 0.337. The van der Waals surface area contributed by atoms with Crippen LogP contribution in [0.5, 0.6) is 0 Å². The van der Waals surface area contributed by atoms with Crippen LogP contribution in [0.2, 0.25) is 0 Å². The van der Waals surface area contributed by atoms with Crippen molar-refractivity contribution in [2.45, 2.75) is 51.1 Å². The highest BCUT2D eigenvalue weighted by Crippen LogP contribution is 2.38. The second kappa shape index (κ2) is 11.8. The van der Waals surface area contributed by atoms with Gasteiger partial charge in [-0.15, -0.1) is 24.0 Å². The van der Waals surface area contributed by atoms with E-state index in [2.05, 4.69) is 31.6 Å². The molecule has 1 aliphatic heterocycles. The number of nitrogens with one attached hydrogen (secondary N) is 2. The summed E-state index contributed by atoms with van der Waals surface area (Å²) >= 11 is 0. The number of guanidine groups is 1. The monoisotopic (exact) mass is 528 g/mol. The van der Waals surface area contributed by atoms with Crippen molar-refractivity contribution in [3.05, 3.63) is 30.1 Å². The second-order valence-corrected chi connectivity index (χ2v) is 8.63. The Hall–Kier alpha value is -1.42. The van der Waals surface area contributed by atoms with Crippen LogP contribution in [0, 0.1) is 5.41 Å². The van der Waals surface area contributed by atoms with Crippen LogP contribution in [0.15, 0.2) is 29.4 Å². The molecule has 0 atom stereocenters. The van der Waals surface area contributed by atoms with Gasteiger partial charge in [0.2, 0.25) is 5.91 Å². The molecule has 2 N–H and O–H groups in total. The van der Waals surface area contributed by atoms with Gasteiger partial charge < -0.3 is 15.5 Å². The van der Waals surface area contributed by atoms with Crippen LogP contribution in [0.3, 0.4) is 0 Å². The molecule has 30 heavy (non-hydrogen) atoms. The van der Waals surface area contributed by atoms with Crippen molar-refractivity contribution in [3.8, 4) is 0 Å². The number of likely N-dealkylation sites (tertiary alicyclic amines) is 1. The van der Waals surface area contributed by atoms with Gasteiger partial charge in [0.15, 0.2) is 5.96 Å². The van der Waals surface area contributed by atoms with Crippen LogP contribution in [0.1, 0.15) is 44.2 Å². The van der Waals surface area contributed by atoms with Crippen LogP contribution in [0.4, 0.5) is 0 Å². The molecule has 7 nitrogen and oxygen atoms in total. The number of aromatic nitrogens is 1. The van der Waals surface area contributed by atoms with Gasteiger partial charge in [-0.05, 0) is 37.8 Å². The number of carbonyl (C=O) groups excluding carboxylic acids is 1. The van der Waals surface area contributed by atoms with Gasteiger partial charge in [0.1, 0.15) is 0 Å². The fourth-order valence-electron chi connectivity index (χ4n) is 4.59. The Balaban J connectivity index is 0.00000320. The van der Waals surface area contributed by atoms with Crippen LogP contribution in [0.25, 0.3) is 0 Å². The summed E-state index contributed by atoms with van der Waals surface area (Å²) in [6, 6.07) is 6.50. The normalized spacial score (nSPS) is 19.8. The summed E-state index contributed by atoms with van der Waals surface area (Å²) < 4.78 is 0. The average molecular weight is 528 g/mol. The first-order valence-corrected chi connectivity index (χ1v) is 10.8. The van der Waals surface area contributed by atoms with Crippen molar-refractivity contribution in [1.82, 2.24) is 25.4 Å². The van der Waals surface area contributed by atoms with E-state index in [0.717, 1.165) is 69.8 Å². The Bertz CT molecular complexity index is 682. The van der Waals surface area contributed by atoms with Gasteiger partial charge in [0.25, 0.3) is 0 Å². The summed E-state index contributed by atoms with van der Waals surface area (Å²) in [5, 5.41) is 7.03. The number of piperidine rings is 1. The van der Waals surface area contributed by atoms with Gasteiger partial charge in [-0.25, -0.2) is 0 Å². The van der Waals surface area contributed by atoms with Gasteiger partial charge in [-0.1, -0.05) is 18.9 Å². The molecule has 3 rings (SSSR count). The summed E-state index contributed by atoms with van der Waals surface area (Å²) in [4.78, 5) is 25.8. The van der Waals surface area contributed by atoms with Crippen LogP contribution in [-0.2, 0) is 11.3 Å². The van der Waals surface area contributed by atoms with E-state index in [1.54, 1.807) is 11.9 Å². The van der Waals surface area contributed by atoms with E-state index < -0.39 is 0 Å². The molecule has 1 aromatic rings. The zero-order chi connectivity index (χ0) is 20.7. The average Bonchev–Trinajstić information content (AvgIpc) is 3.22. The zero-order valence-electron chi connectivity index (χ0n) is 18.6. The molecule has 0 unspecified atom stereocenters. The second-order valence-electron chi connectivity index (χ2n) is 8.63. The number of halogens is 1. The molecule has 0 bridgehead atoms. The Morgan fingerprint density at radius 1 is 1.27 bits per heavy atom. The van der Waals surface area contributed by atoms with E-state index in [4.69, 9.17) is 0 Å². The lowest BCUT2D eigenvalue weighted by Gasteiger charge is -2.34. The maximum Gasteiger partial charge on any atom is 0.230 e. The number of hydrogen-bond donors (Lipinski definition) is 2. The molecular weight excluding hydrogens is 491 g/mol. The number of carbonyl (C=O) groups is 1. The number of nitrogens with zero attached hydrogens (tertiary/aromatic N) is 4. The van der Waals surface area contributed by atoms with Crippen LogP contribution >= 0.6 is 24.0 Å². The molecular formula is C22H37IN6O. The first-order chi connectivity index (χ1) is 14.0. The maximum absolute atomic E-state index is 12.8. The lowest BCUT2D eigenvalue weighted by molar-refractivity contribution is -0.138.